The molecule has 1 aromatic rings. The predicted octanol–water partition coefficient (Wildman–Crippen LogP) is 1.70. The minimum atomic E-state index is 0.733. The predicted molar refractivity (Wildman–Crippen MR) is 124 cm³/mol. The molecule has 4 aliphatic heterocycles. The first-order valence-electron chi connectivity index (χ1n) is 12.0. The fourth-order valence-corrected chi connectivity index (χ4v) is 5.70. The van der Waals surface area contributed by atoms with Crippen LogP contribution in [-0.2, 0) is 0 Å². The molecule has 1 N–H and O–H groups in total. The second-order valence-electron chi connectivity index (χ2n) is 9.48. The molecule has 0 amide bonds. The molecule has 2 unspecified atom stereocenters. The average Bonchev–Trinajstić information content (AvgIpc) is 3.33. The smallest absolute Gasteiger partial charge is 0.157 e. The minimum Gasteiger partial charge on any atom is -0.372 e. The van der Waals surface area contributed by atoms with Gasteiger partial charge in [-0.15, -0.1) is 0 Å². The third kappa shape index (κ3) is 3.71. The van der Waals surface area contributed by atoms with Gasteiger partial charge in [-0.3, -0.25) is 9.98 Å². The van der Waals surface area contributed by atoms with E-state index in [1.807, 2.05) is 0 Å². The van der Waals surface area contributed by atoms with E-state index in [2.05, 4.69) is 45.5 Å². The zero-order chi connectivity index (χ0) is 20.6. The molecule has 0 saturated carbocycles. The van der Waals surface area contributed by atoms with Crippen molar-refractivity contribution in [2.45, 2.75) is 25.7 Å². The van der Waals surface area contributed by atoms with Gasteiger partial charge in [0, 0.05) is 45.0 Å². The molecule has 3 fully saturated rings. The van der Waals surface area contributed by atoms with Crippen molar-refractivity contribution in [2.75, 3.05) is 57.3 Å². The highest BCUT2D eigenvalue weighted by molar-refractivity contribution is 5.68. The zero-order valence-electron chi connectivity index (χ0n) is 18.3. The van der Waals surface area contributed by atoms with Gasteiger partial charge in [0.1, 0.15) is 5.36 Å². The van der Waals surface area contributed by atoms with Crippen molar-refractivity contribution < 1.29 is 0 Å². The number of anilines is 1. The summed E-state index contributed by atoms with van der Waals surface area (Å²) in [5.41, 5.74) is 3.67. The molecule has 1 aliphatic carbocycles. The van der Waals surface area contributed by atoms with Crippen LogP contribution < -0.4 is 20.9 Å². The Morgan fingerprint density at radius 2 is 1.71 bits per heavy atom. The summed E-state index contributed by atoms with van der Waals surface area (Å²) in [6.07, 6.45) is 14.0. The fraction of sp³-hybridized carbons (Fsp3) is 0.560. The lowest BCUT2D eigenvalue weighted by atomic mass is 10.0. The van der Waals surface area contributed by atoms with Crippen molar-refractivity contribution in [3.63, 3.8) is 0 Å². The van der Waals surface area contributed by atoms with Crippen molar-refractivity contribution in [1.82, 2.24) is 15.2 Å². The number of nitrogens with one attached hydrogen (secondary N) is 1. The number of rotatable bonds is 3. The van der Waals surface area contributed by atoms with E-state index in [0.29, 0.717) is 0 Å². The van der Waals surface area contributed by atoms with Gasteiger partial charge in [-0.2, -0.15) is 0 Å². The Kier molecular flexibility index (Phi) is 5.10. The average molecular weight is 417 g/mol. The summed E-state index contributed by atoms with van der Waals surface area (Å²) in [6.45, 7) is 8.32. The molecule has 2 atom stereocenters. The zero-order valence-corrected chi connectivity index (χ0v) is 18.3. The molecule has 1 aromatic heterocycles. The number of likely N-dealkylation sites (tertiary alicyclic amines) is 1. The number of nitrogens with zero attached hydrogens (tertiary/aromatic N) is 5. The number of aromatic nitrogens is 1. The second-order valence-corrected chi connectivity index (χ2v) is 9.48. The highest BCUT2D eigenvalue weighted by Crippen LogP contribution is 2.29. The Morgan fingerprint density at radius 3 is 2.55 bits per heavy atom. The van der Waals surface area contributed by atoms with E-state index in [4.69, 9.17) is 15.0 Å². The summed E-state index contributed by atoms with van der Waals surface area (Å²) >= 11 is 0. The van der Waals surface area contributed by atoms with Crippen LogP contribution in [0.25, 0.3) is 5.57 Å². The molecule has 5 aliphatic rings. The number of piperidine rings is 1. The van der Waals surface area contributed by atoms with Crippen LogP contribution in [0.5, 0.6) is 0 Å². The first kappa shape index (κ1) is 19.2. The molecule has 0 radical (unpaired) electrons. The van der Waals surface area contributed by atoms with Gasteiger partial charge >= 0.3 is 0 Å². The molecular weight excluding hydrogens is 384 g/mol. The number of hydrogen-bond acceptors (Lipinski definition) is 6. The third-order valence-electron chi connectivity index (χ3n) is 7.43. The van der Waals surface area contributed by atoms with Crippen molar-refractivity contribution in [3.8, 4) is 0 Å². The van der Waals surface area contributed by atoms with Gasteiger partial charge in [-0.1, -0.05) is 12.2 Å². The van der Waals surface area contributed by atoms with Crippen molar-refractivity contribution >= 4 is 11.4 Å². The lowest BCUT2D eigenvalue weighted by Gasteiger charge is -2.29. The normalized spacial score (nSPS) is 27.6. The monoisotopic (exact) mass is 416 g/mol. The summed E-state index contributed by atoms with van der Waals surface area (Å²) in [6, 6.07) is 2.17. The third-order valence-corrected chi connectivity index (χ3v) is 7.43. The molecule has 0 spiro atoms. The maximum absolute atomic E-state index is 5.20. The van der Waals surface area contributed by atoms with Crippen LogP contribution in [0.3, 0.4) is 0 Å². The Balaban J connectivity index is 1.36. The quantitative estimate of drug-likeness (QED) is 0.815. The second kappa shape index (κ2) is 8.23. The Labute approximate surface area is 184 Å². The van der Waals surface area contributed by atoms with Crippen LogP contribution in [-0.4, -0.2) is 62.2 Å². The van der Waals surface area contributed by atoms with Crippen molar-refractivity contribution in [1.29, 1.82) is 0 Å². The van der Waals surface area contributed by atoms with Gasteiger partial charge in [0.05, 0.1) is 24.1 Å². The number of hydrogen-bond donors (Lipinski definition) is 1. The van der Waals surface area contributed by atoms with Crippen LogP contribution in [0.2, 0.25) is 0 Å². The van der Waals surface area contributed by atoms with Gasteiger partial charge in [0.2, 0.25) is 0 Å². The van der Waals surface area contributed by atoms with E-state index in [0.717, 1.165) is 79.8 Å². The molecule has 162 valence electrons. The molecule has 0 bridgehead atoms. The Morgan fingerprint density at radius 1 is 0.903 bits per heavy atom. The van der Waals surface area contributed by atoms with Crippen LogP contribution in [0.1, 0.15) is 31.4 Å². The molecule has 6 nitrogen and oxygen atoms in total. The molecule has 0 aromatic carbocycles. The van der Waals surface area contributed by atoms with Gasteiger partial charge in [-0.05, 0) is 61.3 Å². The lowest BCUT2D eigenvalue weighted by molar-refractivity contribution is 0.293. The van der Waals surface area contributed by atoms with Crippen molar-refractivity contribution in [3.05, 3.63) is 52.5 Å². The van der Waals surface area contributed by atoms with Crippen LogP contribution in [0.15, 0.2) is 46.1 Å². The number of fused-ring (bicyclic) bond motifs is 2. The van der Waals surface area contributed by atoms with Crippen LogP contribution >= 0.6 is 0 Å². The number of allylic oxidation sites excluding steroid dienone is 5. The van der Waals surface area contributed by atoms with E-state index in [9.17, 15) is 0 Å². The maximum atomic E-state index is 5.20. The van der Waals surface area contributed by atoms with Gasteiger partial charge in [-0.25, -0.2) is 4.98 Å². The van der Waals surface area contributed by atoms with E-state index < -0.39 is 0 Å². The topological polar surface area (TPSA) is 56.1 Å². The summed E-state index contributed by atoms with van der Waals surface area (Å²) in [4.78, 5) is 19.9. The van der Waals surface area contributed by atoms with Crippen molar-refractivity contribution in [2.24, 2.45) is 21.8 Å². The van der Waals surface area contributed by atoms with E-state index >= 15 is 0 Å². The maximum Gasteiger partial charge on any atom is 0.157 e. The number of pyridine rings is 1. The van der Waals surface area contributed by atoms with Gasteiger partial charge in [0.15, 0.2) is 5.82 Å². The summed E-state index contributed by atoms with van der Waals surface area (Å²) in [5.74, 6) is 2.52. The molecule has 5 heterocycles. The van der Waals surface area contributed by atoms with E-state index in [1.54, 1.807) is 0 Å². The molecule has 31 heavy (non-hydrogen) atoms. The van der Waals surface area contributed by atoms with Crippen LogP contribution in [0.4, 0.5) is 5.82 Å². The minimum absolute atomic E-state index is 0.733. The fourth-order valence-electron chi connectivity index (χ4n) is 5.70. The van der Waals surface area contributed by atoms with Gasteiger partial charge in [0.25, 0.3) is 0 Å². The van der Waals surface area contributed by atoms with Crippen LogP contribution in [0, 0.1) is 11.8 Å². The molecule has 6 rings (SSSR count). The largest absolute Gasteiger partial charge is 0.372 e. The Bertz CT molecular complexity index is 1050. The molecule has 6 heteroatoms. The standard InChI is InChI=1S/C25H32N6/c1-2-11-30(12-3-1)21-6-4-5-18(7-8-21)22-13-23-24(28-10-9-27-23)25(29-22)31-16-19-14-26-15-20(19)17-31/h4,6-8,13,19-20,26H,1-3,5,9-12,14-17H2. The highest BCUT2D eigenvalue weighted by Gasteiger charge is 2.37. The Hall–Kier alpha value is -2.47. The summed E-state index contributed by atoms with van der Waals surface area (Å²) < 4.78 is 0. The van der Waals surface area contributed by atoms with Gasteiger partial charge < -0.3 is 15.1 Å². The molecular formula is C25H32N6. The molecule has 3 saturated heterocycles. The SMILES string of the molecule is C1=CC(N2CCCCC2)=CC=C(c2cc3c(c(N4CC5CNCC5C4)n2)=NCCN=3)C1. The van der Waals surface area contributed by atoms with E-state index in [1.165, 1.54) is 43.6 Å². The summed E-state index contributed by atoms with van der Waals surface area (Å²) in [7, 11) is 0. The lowest BCUT2D eigenvalue weighted by Crippen LogP contribution is -2.39. The first-order chi connectivity index (χ1) is 15.3. The highest BCUT2D eigenvalue weighted by atomic mass is 15.2. The van der Waals surface area contributed by atoms with E-state index in [-0.39, 0.29) is 0 Å². The first-order valence-corrected chi connectivity index (χ1v) is 12.0. The summed E-state index contributed by atoms with van der Waals surface area (Å²) in [5, 5.41) is 5.58.